The van der Waals surface area contributed by atoms with Crippen molar-refractivity contribution < 1.29 is 19.0 Å². The van der Waals surface area contributed by atoms with Crippen LogP contribution in [0.25, 0.3) is 0 Å². The van der Waals surface area contributed by atoms with Crippen molar-refractivity contribution in [3.63, 3.8) is 0 Å². The second-order valence-corrected chi connectivity index (χ2v) is 4.98. The molecule has 0 unspecified atom stereocenters. The molecule has 1 N–H and O–H groups in total. The maximum Gasteiger partial charge on any atom is 0.305 e. The van der Waals surface area contributed by atoms with E-state index in [4.69, 9.17) is 15.1 Å². The van der Waals surface area contributed by atoms with E-state index in [1.54, 1.807) is 12.1 Å². The Kier molecular flexibility index (Phi) is 5.12. The summed E-state index contributed by atoms with van der Waals surface area (Å²) in [7, 11) is 0. The van der Waals surface area contributed by atoms with Crippen molar-refractivity contribution in [2.75, 3.05) is 24.6 Å². The second-order valence-electron chi connectivity index (χ2n) is 4.98. The number of carboxylic acid groups (broad SMARTS) is 1. The van der Waals surface area contributed by atoms with E-state index in [-0.39, 0.29) is 24.9 Å². The van der Waals surface area contributed by atoms with E-state index in [1.165, 1.54) is 6.07 Å². The fourth-order valence-corrected chi connectivity index (χ4v) is 2.41. The number of ether oxygens (including phenoxy) is 1. The monoisotopic (exact) mass is 292 g/mol. The minimum absolute atomic E-state index is 0.00443. The average molecular weight is 292 g/mol. The summed E-state index contributed by atoms with van der Waals surface area (Å²) >= 11 is 0. The molecule has 0 bridgehead atoms. The number of nitriles is 1. The predicted molar refractivity (Wildman–Crippen MR) is 74.6 cm³/mol. The molecule has 0 spiro atoms. The number of benzene rings is 1. The number of aliphatic carboxylic acids is 1. The highest BCUT2D eigenvalue weighted by molar-refractivity contribution is 5.66. The number of halogens is 1. The molecule has 0 aromatic heterocycles. The first-order valence-electron chi connectivity index (χ1n) is 6.88. The standard InChI is InChI=1S/C15H17FN2O3/c16-13-9-11(10-17)1-2-14(13)18-6-3-12(4-7-18)21-8-5-15(19)20/h1-2,9,12H,3-8H2,(H,19,20). The van der Waals surface area contributed by atoms with Gasteiger partial charge in [0, 0.05) is 13.1 Å². The lowest BCUT2D eigenvalue weighted by Crippen LogP contribution is -2.37. The first kappa shape index (κ1) is 15.3. The fourth-order valence-electron chi connectivity index (χ4n) is 2.41. The van der Waals surface area contributed by atoms with Gasteiger partial charge < -0.3 is 14.7 Å². The van der Waals surface area contributed by atoms with Gasteiger partial charge in [-0.3, -0.25) is 4.79 Å². The molecule has 6 heteroatoms. The van der Waals surface area contributed by atoms with Crippen LogP contribution >= 0.6 is 0 Å². The molecule has 2 rings (SSSR count). The van der Waals surface area contributed by atoms with E-state index in [9.17, 15) is 9.18 Å². The summed E-state index contributed by atoms with van der Waals surface area (Å²) in [6, 6.07) is 6.38. The molecule has 21 heavy (non-hydrogen) atoms. The first-order valence-corrected chi connectivity index (χ1v) is 6.88. The summed E-state index contributed by atoms with van der Waals surface area (Å²) in [5.41, 5.74) is 0.807. The van der Waals surface area contributed by atoms with Crippen molar-refractivity contribution in [2.24, 2.45) is 0 Å². The first-order chi connectivity index (χ1) is 10.1. The molecule has 1 saturated heterocycles. The molecule has 0 aliphatic carbocycles. The van der Waals surface area contributed by atoms with Crippen LogP contribution in [0.5, 0.6) is 0 Å². The Morgan fingerprint density at radius 3 is 2.76 bits per heavy atom. The summed E-state index contributed by atoms with van der Waals surface area (Å²) < 4.78 is 19.4. The van der Waals surface area contributed by atoms with Crippen LogP contribution in [0.2, 0.25) is 0 Å². The fraction of sp³-hybridized carbons (Fsp3) is 0.467. The van der Waals surface area contributed by atoms with Gasteiger partial charge in [0.25, 0.3) is 0 Å². The molecule has 1 aliphatic rings. The summed E-state index contributed by atoms with van der Waals surface area (Å²) in [5.74, 6) is -1.26. The van der Waals surface area contributed by atoms with Gasteiger partial charge in [0.1, 0.15) is 5.82 Å². The molecule has 1 fully saturated rings. The Morgan fingerprint density at radius 1 is 1.48 bits per heavy atom. The highest BCUT2D eigenvalue weighted by atomic mass is 19.1. The van der Waals surface area contributed by atoms with Crippen molar-refractivity contribution in [3.05, 3.63) is 29.6 Å². The van der Waals surface area contributed by atoms with E-state index >= 15 is 0 Å². The summed E-state index contributed by atoms with van der Waals surface area (Å²) in [4.78, 5) is 12.3. The minimum atomic E-state index is -0.868. The summed E-state index contributed by atoms with van der Waals surface area (Å²) in [6.45, 7) is 1.52. The zero-order valence-electron chi connectivity index (χ0n) is 11.6. The number of hydrogen-bond donors (Lipinski definition) is 1. The Labute approximate surface area is 122 Å². The van der Waals surface area contributed by atoms with Gasteiger partial charge in [0.05, 0.1) is 36.5 Å². The zero-order valence-corrected chi connectivity index (χ0v) is 11.6. The molecule has 1 aliphatic heterocycles. The smallest absolute Gasteiger partial charge is 0.305 e. The summed E-state index contributed by atoms with van der Waals surface area (Å²) in [5, 5.41) is 17.3. The zero-order chi connectivity index (χ0) is 15.2. The third kappa shape index (κ3) is 4.17. The molecule has 1 heterocycles. The molecule has 0 radical (unpaired) electrons. The van der Waals surface area contributed by atoms with Crippen LogP contribution in [-0.4, -0.2) is 36.9 Å². The largest absolute Gasteiger partial charge is 0.481 e. The van der Waals surface area contributed by atoms with E-state index in [0.717, 1.165) is 12.8 Å². The van der Waals surface area contributed by atoms with Crippen molar-refractivity contribution >= 4 is 11.7 Å². The maximum absolute atomic E-state index is 13.9. The van der Waals surface area contributed by atoms with Crippen LogP contribution in [0.4, 0.5) is 10.1 Å². The number of carboxylic acids is 1. The third-order valence-electron chi connectivity index (χ3n) is 3.53. The van der Waals surface area contributed by atoms with Crippen LogP contribution in [0.3, 0.4) is 0 Å². The molecule has 0 atom stereocenters. The normalized spacial score (nSPS) is 15.7. The van der Waals surface area contributed by atoms with Gasteiger partial charge in [-0.25, -0.2) is 4.39 Å². The average Bonchev–Trinajstić information content (AvgIpc) is 2.47. The van der Waals surface area contributed by atoms with Crippen molar-refractivity contribution in [1.29, 1.82) is 5.26 Å². The minimum Gasteiger partial charge on any atom is -0.481 e. The molecular weight excluding hydrogens is 275 g/mol. The maximum atomic E-state index is 13.9. The quantitative estimate of drug-likeness (QED) is 0.900. The molecule has 112 valence electrons. The van der Waals surface area contributed by atoms with Gasteiger partial charge in [-0.15, -0.1) is 0 Å². The van der Waals surface area contributed by atoms with Crippen LogP contribution < -0.4 is 4.90 Å². The van der Waals surface area contributed by atoms with Crippen LogP contribution in [0, 0.1) is 17.1 Å². The van der Waals surface area contributed by atoms with Crippen LogP contribution in [0.1, 0.15) is 24.8 Å². The van der Waals surface area contributed by atoms with E-state index < -0.39 is 5.97 Å². The number of hydrogen-bond acceptors (Lipinski definition) is 4. The van der Waals surface area contributed by atoms with Crippen LogP contribution in [0.15, 0.2) is 18.2 Å². The summed E-state index contributed by atoms with van der Waals surface area (Å²) in [6.07, 6.45) is 1.50. The predicted octanol–water partition coefficient (Wildman–Crippen LogP) is 2.16. The van der Waals surface area contributed by atoms with Gasteiger partial charge in [-0.05, 0) is 31.0 Å². The van der Waals surface area contributed by atoms with Crippen LogP contribution in [-0.2, 0) is 9.53 Å². The van der Waals surface area contributed by atoms with Crippen molar-refractivity contribution in [2.45, 2.75) is 25.4 Å². The Morgan fingerprint density at radius 2 is 2.19 bits per heavy atom. The Bertz CT molecular complexity index is 548. The van der Waals surface area contributed by atoms with Gasteiger partial charge in [0.2, 0.25) is 0 Å². The van der Waals surface area contributed by atoms with E-state index in [1.807, 2.05) is 11.0 Å². The van der Waals surface area contributed by atoms with Crippen molar-refractivity contribution in [1.82, 2.24) is 0 Å². The number of piperidine rings is 1. The van der Waals surface area contributed by atoms with E-state index in [2.05, 4.69) is 0 Å². The van der Waals surface area contributed by atoms with Gasteiger partial charge in [-0.1, -0.05) is 0 Å². The van der Waals surface area contributed by atoms with E-state index in [0.29, 0.717) is 24.3 Å². The molecular formula is C15H17FN2O3. The van der Waals surface area contributed by atoms with Crippen molar-refractivity contribution in [3.8, 4) is 6.07 Å². The third-order valence-corrected chi connectivity index (χ3v) is 3.53. The lowest BCUT2D eigenvalue weighted by molar-refractivity contribution is -0.138. The Hall–Kier alpha value is -2.13. The molecule has 0 amide bonds. The number of nitrogens with zero attached hydrogens (tertiary/aromatic N) is 2. The van der Waals surface area contributed by atoms with Gasteiger partial charge >= 0.3 is 5.97 Å². The van der Waals surface area contributed by atoms with Gasteiger partial charge in [0.15, 0.2) is 0 Å². The number of carbonyl (C=O) groups is 1. The number of rotatable bonds is 5. The molecule has 1 aromatic carbocycles. The lowest BCUT2D eigenvalue weighted by Gasteiger charge is -2.33. The highest BCUT2D eigenvalue weighted by Crippen LogP contribution is 2.25. The molecule has 0 saturated carbocycles. The van der Waals surface area contributed by atoms with Gasteiger partial charge in [-0.2, -0.15) is 5.26 Å². The topological polar surface area (TPSA) is 73.6 Å². The second kappa shape index (κ2) is 7.04. The SMILES string of the molecule is N#Cc1ccc(N2CCC(OCCC(=O)O)CC2)c(F)c1. The lowest BCUT2D eigenvalue weighted by atomic mass is 10.1. The Balaban J connectivity index is 1.86. The highest BCUT2D eigenvalue weighted by Gasteiger charge is 2.22. The molecule has 1 aromatic rings. The molecule has 5 nitrogen and oxygen atoms in total. The number of anilines is 1.